The molecule has 1 fully saturated rings. The van der Waals surface area contributed by atoms with Crippen LogP contribution in [0.3, 0.4) is 0 Å². The summed E-state index contributed by atoms with van der Waals surface area (Å²) < 4.78 is 28.2. The molecule has 5 atom stereocenters. The normalized spacial score (nSPS) is 21.9. The van der Waals surface area contributed by atoms with Crippen LogP contribution in [0.4, 0.5) is 0 Å². The van der Waals surface area contributed by atoms with Crippen molar-refractivity contribution in [2.24, 2.45) is 0 Å². The van der Waals surface area contributed by atoms with E-state index in [0.29, 0.717) is 23.6 Å². The van der Waals surface area contributed by atoms with Crippen LogP contribution in [-0.4, -0.2) is 78.6 Å². The van der Waals surface area contributed by atoms with Gasteiger partial charge in [-0.15, -0.1) is 0 Å². The molecule has 0 bridgehead atoms. The van der Waals surface area contributed by atoms with E-state index in [9.17, 15) is 30.0 Å². The second-order valence-corrected chi connectivity index (χ2v) is 10.4. The minimum Gasteiger partial charge on any atom is -0.495 e. The molecule has 12 heteroatoms. The van der Waals surface area contributed by atoms with Gasteiger partial charge in [-0.25, -0.2) is 0 Å². The van der Waals surface area contributed by atoms with Gasteiger partial charge in [-0.3, -0.25) is 9.59 Å². The number of aliphatic hydroxyl groups is 4. The lowest BCUT2D eigenvalue weighted by Gasteiger charge is -2.41. The van der Waals surface area contributed by atoms with Gasteiger partial charge in [0.2, 0.25) is 0 Å². The average molecular weight is 602 g/mol. The third-order valence-electron chi connectivity index (χ3n) is 7.63. The van der Waals surface area contributed by atoms with Crippen molar-refractivity contribution in [2.75, 3.05) is 27.9 Å². The van der Waals surface area contributed by atoms with E-state index in [-0.39, 0.29) is 33.6 Å². The molecule has 1 aliphatic rings. The van der Waals surface area contributed by atoms with Gasteiger partial charge in [-0.05, 0) is 36.2 Å². The summed E-state index contributed by atoms with van der Waals surface area (Å²) in [6.07, 6.45) is -4.51. The fourth-order valence-electron chi connectivity index (χ4n) is 5.34. The van der Waals surface area contributed by atoms with E-state index in [0.717, 1.165) is 25.7 Å². The molecule has 12 nitrogen and oxygen atoms in total. The van der Waals surface area contributed by atoms with Crippen molar-refractivity contribution < 1.29 is 48.6 Å². The summed E-state index contributed by atoms with van der Waals surface area (Å²) in [5.74, 6) is 0.394. The van der Waals surface area contributed by atoms with Crippen LogP contribution in [0.5, 0.6) is 17.2 Å². The van der Waals surface area contributed by atoms with Crippen LogP contribution < -0.4 is 25.0 Å². The molecular formula is C31H39NO11. The number of aliphatic hydroxyl groups excluding tert-OH is 4. The van der Waals surface area contributed by atoms with Crippen LogP contribution in [0, 0.1) is 0 Å². The van der Waals surface area contributed by atoms with Crippen molar-refractivity contribution in [3.8, 4) is 28.6 Å². The van der Waals surface area contributed by atoms with E-state index in [2.05, 4.69) is 12.2 Å². The molecule has 1 aliphatic heterocycles. The molecule has 0 saturated carbocycles. The summed E-state index contributed by atoms with van der Waals surface area (Å²) in [6, 6.07) is 7.68. The maximum absolute atomic E-state index is 13.5. The zero-order valence-electron chi connectivity index (χ0n) is 24.7. The number of hydrogen-bond donors (Lipinski definition) is 5. The number of fused-ring (bicyclic) bond motifs is 1. The van der Waals surface area contributed by atoms with Gasteiger partial charge in [0, 0.05) is 23.7 Å². The van der Waals surface area contributed by atoms with Gasteiger partial charge in [0.05, 0.1) is 27.9 Å². The number of methoxy groups -OCH3 is 3. The Kier molecular flexibility index (Phi) is 10.6. The van der Waals surface area contributed by atoms with Crippen LogP contribution in [-0.2, 0) is 16.1 Å². The maximum atomic E-state index is 13.5. The number of carbonyl (C=O) groups is 1. The number of rotatable bonds is 12. The fourth-order valence-corrected chi connectivity index (χ4v) is 5.34. The highest BCUT2D eigenvalue weighted by molar-refractivity contribution is 5.88. The van der Waals surface area contributed by atoms with E-state index in [4.69, 9.17) is 23.4 Å². The Labute approximate surface area is 248 Å². The number of ether oxygens (including phenoxy) is 4. The standard InChI is InChI=1S/C31H39NO11/c1-5-6-7-8-11-32-31(38)30-27(37)25(35)26(36)29(43-30)23-17(15-33)13-22-24(28(23)41-4)18(34)14-20(42-22)16-9-10-19(39-2)21(12-16)40-3/h9-10,12-14,25-27,29-30,33,35-37H,5-8,11,15H2,1-4H3,(H,32,38). The van der Waals surface area contributed by atoms with Gasteiger partial charge in [-0.2, -0.15) is 0 Å². The Balaban J connectivity index is 1.76. The molecule has 0 spiro atoms. The Morgan fingerprint density at radius 2 is 1.67 bits per heavy atom. The number of amides is 1. The molecule has 2 aromatic carbocycles. The quantitative estimate of drug-likeness (QED) is 0.192. The van der Waals surface area contributed by atoms with Crippen molar-refractivity contribution in [1.29, 1.82) is 0 Å². The van der Waals surface area contributed by atoms with E-state index in [1.807, 2.05) is 0 Å². The predicted octanol–water partition coefficient (Wildman–Crippen LogP) is 2.20. The van der Waals surface area contributed by atoms with Crippen molar-refractivity contribution >= 4 is 16.9 Å². The van der Waals surface area contributed by atoms with Gasteiger partial charge < -0.3 is 49.1 Å². The number of benzene rings is 2. The van der Waals surface area contributed by atoms with E-state index < -0.39 is 48.5 Å². The molecule has 5 unspecified atom stereocenters. The molecule has 1 aromatic heterocycles. The van der Waals surface area contributed by atoms with Crippen molar-refractivity contribution in [3.63, 3.8) is 0 Å². The van der Waals surface area contributed by atoms with E-state index in [1.165, 1.54) is 33.5 Å². The third kappa shape index (κ3) is 6.48. The first-order valence-corrected chi connectivity index (χ1v) is 14.2. The molecule has 43 heavy (non-hydrogen) atoms. The summed E-state index contributed by atoms with van der Waals surface area (Å²) in [7, 11) is 4.28. The third-order valence-corrected chi connectivity index (χ3v) is 7.63. The molecule has 234 valence electrons. The SMILES string of the molecule is CCCCCCNC(=O)C1OC(c2c(CO)cc3oc(-c4ccc(OC)c(OC)c4)cc(=O)c3c2OC)C(O)C(O)C1O. The minimum atomic E-state index is -1.77. The molecule has 3 aromatic rings. The first kappa shape index (κ1) is 32.2. The number of carbonyl (C=O) groups excluding carboxylic acids is 1. The van der Waals surface area contributed by atoms with Crippen molar-refractivity contribution in [3.05, 3.63) is 51.7 Å². The lowest BCUT2D eigenvalue weighted by Crippen LogP contribution is -2.59. The first-order valence-electron chi connectivity index (χ1n) is 14.2. The van der Waals surface area contributed by atoms with Crippen LogP contribution >= 0.6 is 0 Å². The maximum Gasteiger partial charge on any atom is 0.251 e. The molecule has 4 rings (SSSR count). The van der Waals surface area contributed by atoms with Gasteiger partial charge >= 0.3 is 0 Å². The topological polar surface area (TPSA) is 177 Å². The van der Waals surface area contributed by atoms with Crippen molar-refractivity contribution in [2.45, 2.75) is 69.7 Å². The van der Waals surface area contributed by atoms with Crippen LogP contribution in [0.25, 0.3) is 22.3 Å². The van der Waals surface area contributed by atoms with Gasteiger partial charge in [-0.1, -0.05) is 26.2 Å². The second-order valence-electron chi connectivity index (χ2n) is 10.4. The summed E-state index contributed by atoms with van der Waals surface area (Å²) in [4.78, 5) is 26.5. The molecule has 1 saturated heterocycles. The van der Waals surface area contributed by atoms with Gasteiger partial charge in [0.25, 0.3) is 5.91 Å². The molecule has 0 radical (unpaired) electrons. The van der Waals surface area contributed by atoms with E-state index in [1.54, 1.807) is 18.2 Å². The molecule has 0 aliphatic carbocycles. The summed E-state index contributed by atoms with van der Waals surface area (Å²) in [5, 5.41) is 45.3. The Morgan fingerprint density at radius 3 is 2.33 bits per heavy atom. The molecule has 1 amide bonds. The zero-order valence-corrected chi connectivity index (χ0v) is 24.7. The Hall–Kier alpha value is -3.68. The lowest BCUT2D eigenvalue weighted by molar-refractivity contribution is -0.223. The largest absolute Gasteiger partial charge is 0.495 e. The number of hydrogen-bond acceptors (Lipinski definition) is 11. The molecular weight excluding hydrogens is 562 g/mol. The van der Waals surface area contributed by atoms with Crippen LogP contribution in [0.1, 0.15) is 49.8 Å². The predicted molar refractivity (Wildman–Crippen MR) is 156 cm³/mol. The van der Waals surface area contributed by atoms with Crippen LogP contribution in [0.15, 0.2) is 39.5 Å². The lowest BCUT2D eigenvalue weighted by atomic mass is 9.87. The highest BCUT2D eigenvalue weighted by Crippen LogP contribution is 2.43. The average Bonchev–Trinajstić information content (AvgIpc) is 3.02. The second kappa shape index (κ2) is 14.2. The molecule has 5 N–H and O–H groups in total. The molecule has 2 heterocycles. The summed E-state index contributed by atoms with van der Waals surface area (Å²) in [5.41, 5.74) is 0.304. The monoisotopic (exact) mass is 601 g/mol. The summed E-state index contributed by atoms with van der Waals surface area (Å²) in [6.45, 7) is 1.82. The first-order chi connectivity index (χ1) is 20.7. The highest BCUT2D eigenvalue weighted by atomic mass is 16.5. The van der Waals surface area contributed by atoms with Gasteiger partial charge in [0.15, 0.2) is 23.0 Å². The zero-order chi connectivity index (χ0) is 31.3. The fraction of sp³-hybridized carbons (Fsp3) is 0.484. The van der Waals surface area contributed by atoms with E-state index >= 15 is 0 Å². The van der Waals surface area contributed by atoms with Crippen LogP contribution in [0.2, 0.25) is 0 Å². The Bertz CT molecular complexity index is 1490. The highest BCUT2D eigenvalue weighted by Gasteiger charge is 2.48. The Morgan fingerprint density at radius 1 is 0.930 bits per heavy atom. The van der Waals surface area contributed by atoms with Crippen molar-refractivity contribution in [1.82, 2.24) is 5.32 Å². The summed E-state index contributed by atoms with van der Waals surface area (Å²) >= 11 is 0. The van der Waals surface area contributed by atoms with Gasteiger partial charge in [0.1, 0.15) is 46.9 Å². The minimum absolute atomic E-state index is 0.00716. The number of nitrogens with one attached hydrogen (secondary N) is 1. The number of unbranched alkanes of at least 4 members (excludes halogenated alkanes) is 3. The smallest absolute Gasteiger partial charge is 0.251 e.